The van der Waals surface area contributed by atoms with Crippen molar-refractivity contribution in [3.8, 4) is 5.75 Å². The van der Waals surface area contributed by atoms with Crippen molar-refractivity contribution in [1.29, 1.82) is 0 Å². The Morgan fingerprint density at radius 3 is 2.94 bits per heavy atom. The van der Waals surface area contributed by atoms with Crippen molar-refractivity contribution in [3.05, 3.63) is 29.3 Å². The van der Waals surface area contributed by atoms with Crippen molar-refractivity contribution < 1.29 is 14.6 Å². The molecule has 3 heteroatoms. The fourth-order valence-corrected chi connectivity index (χ4v) is 2.15. The van der Waals surface area contributed by atoms with Gasteiger partial charge in [-0.25, -0.2) is 0 Å². The molecule has 1 aromatic rings. The van der Waals surface area contributed by atoms with Gasteiger partial charge < -0.3 is 9.84 Å². The summed E-state index contributed by atoms with van der Waals surface area (Å²) in [4.78, 5) is 11.2. The van der Waals surface area contributed by atoms with Gasteiger partial charge in [-0.3, -0.25) is 4.79 Å². The van der Waals surface area contributed by atoms with Crippen LogP contribution in [0.4, 0.5) is 0 Å². The molecule has 0 fully saturated rings. The molecule has 0 unspecified atom stereocenters. The lowest BCUT2D eigenvalue weighted by atomic mass is 9.84. The SMILES string of the molecule is CC(C)(Cc1cccc2c1OCCC2)C(=O)O. The van der Waals surface area contributed by atoms with Gasteiger partial charge in [0.1, 0.15) is 5.75 Å². The second kappa shape index (κ2) is 4.40. The van der Waals surface area contributed by atoms with Gasteiger partial charge in [-0.1, -0.05) is 18.2 Å². The number of hydrogen-bond donors (Lipinski definition) is 1. The highest BCUT2D eigenvalue weighted by Crippen LogP contribution is 2.33. The summed E-state index contributed by atoms with van der Waals surface area (Å²) in [6.07, 6.45) is 2.57. The van der Waals surface area contributed by atoms with E-state index in [4.69, 9.17) is 9.84 Å². The van der Waals surface area contributed by atoms with E-state index in [0.29, 0.717) is 6.42 Å². The van der Waals surface area contributed by atoms with Crippen LogP contribution >= 0.6 is 0 Å². The molecular weight excluding hydrogens is 216 g/mol. The third-order valence-electron chi connectivity index (χ3n) is 3.23. The van der Waals surface area contributed by atoms with Crippen molar-refractivity contribution in [2.24, 2.45) is 5.41 Å². The van der Waals surface area contributed by atoms with Gasteiger partial charge in [0, 0.05) is 0 Å². The number of aryl methyl sites for hydroxylation is 1. The second-order valence-electron chi connectivity index (χ2n) is 5.22. The summed E-state index contributed by atoms with van der Waals surface area (Å²) in [5, 5.41) is 9.17. The summed E-state index contributed by atoms with van der Waals surface area (Å²) in [7, 11) is 0. The van der Waals surface area contributed by atoms with E-state index < -0.39 is 11.4 Å². The lowest BCUT2D eigenvalue weighted by Crippen LogP contribution is -2.26. The highest BCUT2D eigenvalue weighted by Gasteiger charge is 2.29. The third-order valence-corrected chi connectivity index (χ3v) is 3.23. The summed E-state index contributed by atoms with van der Waals surface area (Å²) in [5.41, 5.74) is 1.46. The first-order chi connectivity index (χ1) is 8.00. The van der Waals surface area contributed by atoms with Crippen LogP contribution in [-0.4, -0.2) is 17.7 Å². The minimum Gasteiger partial charge on any atom is -0.493 e. The minimum absolute atomic E-state index is 0.505. The largest absolute Gasteiger partial charge is 0.493 e. The van der Waals surface area contributed by atoms with Gasteiger partial charge >= 0.3 is 5.97 Å². The number of para-hydroxylation sites is 1. The van der Waals surface area contributed by atoms with Gasteiger partial charge in [-0.2, -0.15) is 0 Å². The van der Waals surface area contributed by atoms with Crippen LogP contribution in [0.15, 0.2) is 18.2 Å². The molecule has 0 atom stereocenters. The number of ether oxygens (including phenoxy) is 1. The Hall–Kier alpha value is -1.51. The van der Waals surface area contributed by atoms with Gasteiger partial charge in [0.15, 0.2) is 0 Å². The van der Waals surface area contributed by atoms with Crippen LogP contribution in [0.3, 0.4) is 0 Å². The molecule has 0 saturated carbocycles. The molecule has 1 N–H and O–H groups in total. The molecule has 3 nitrogen and oxygen atoms in total. The number of rotatable bonds is 3. The molecule has 2 rings (SSSR count). The zero-order chi connectivity index (χ0) is 12.5. The number of carboxylic acid groups (broad SMARTS) is 1. The summed E-state index contributed by atoms with van der Waals surface area (Å²) in [6, 6.07) is 6.02. The Morgan fingerprint density at radius 1 is 1.47 bits per heavy atom. The summed E-state index contributed by atoms with van der Waals surface area (Å²) < 4.78 is 5.69. The quantitative estimate of drug-likeness (QED) is 0.874. The Morgan fingerprint density at radius 2 is 2.24 bits per heavy atom. The Bertz CT molecular complexity index is 435. The Balaban J connectivity index is 2.30. The molecule has 1 heterocycles. The van der Waals surface area contributed by atoms with Crippen LogP contribution in [0.5, 0.6) is 5.75 Å². The van der Waals surface area contributed by atoms with E-state index in [1.807, 2.05) is 12.1 Å². The number of hydrogen-bond acceptors (Lipinski definition) is 2. The first-order valence-electron chi connectivity index (χ1n) is 5.98. The van der Waals surface area contributed by atoms with Crippen molar-refractivity contribution in [2.75, 3.05) is 6.61 Å². The minimum atomic E-state index is -0.772. The maximum atomic E-state index is 11.2. The molecule has 92 valence electrons. The lowest BCUT2D eigenvalue weighted by molar-refractivity contribution is -0.146. The standard InChI is InChI=1S/C14H18O3/c1-14(2,13(15)16)9-11-6-3-5-10-7-4-8-17-12(10)11/h3,5-6H,4,7-9H2,1-2H3,(H,15,16). The summed E-state index contributed by atoms with van der Waals surface area (Å²) in [6.45, 7) is 4.23. The Kier molecular flexibility index (Phi) is 3.09. The topological polar surface area (TPSA) is 46.5 Å². The maximum Gasteiger partial charge on any atom is 0.309 e. The highest BCUT2D eigenvalue weighted by atomic mass is 16.5. The molecule has 0 amide bonds. The molecule has 0 aromatic heterocycles. The maximum absolute atomic E-state index is 11.2. The number of carboxylic acids is 1. The van der Waals surface area contributed by atoms with Crippen molar-refractivity contribution in [1.82, 2.24) is 0 Å². The van der Waals surface area contributed by atoms with Crippen LogP contribution in [0.25, 0.3) is 0 Å². The van der Waals surface area contributed by atoms with Gasteiger partial charge in [-0.15, -0.1) is 0 Å². The lowest BCUT2D eigenvalue weighted by Gasteiger charge is -2.24. The fraction of sp³-hybridized carbons (Fsp3) is 0.500. The first kappa shape index (κ1) is 12.0. The predicted molar refractivity (Wildman–Crippen MR) is 65.4 cm³/mol. The summed E-state index contributed by atoms with van der Waals surface area (Å²) >= 11 is 0. The molecule has 0 aliphatic carbocycles. The zero-order valence-electron chi connectivity index (χ0n) is 10.3. The van der Waals surface area contributed by atoms with E-state index >= 15 is 0 Å². The monoisotopic (exact) mass is 234 g/mol. The van der Waals surface area contributed by atoms with Crippen molar-refractivity contribution >= 4 is 5.97 Å². The van der Waals surface area contributed by atoms with Gasteiger partial charge in [0.25, 0.3) is 0 Å². The zero-order valence-corrected chi connectivity index (χ0v) is 10.3. The van der Waals surface area contributed by atoms with Crippen molar-refractivity contribution in [3.63, 3.8) is 0 Å². The smallest absolute Gasteiger partial charge is 0.309 e. The number of aliphatic carboxylic acids is 1. The Labute approximate surface area is 101 Å². The molecule has 17 heavy (non-hydrogen) atoms. The number of fused-ring (bicyclic) bond motifs is 1. The molecule has 0 saturated heterocycles. The van der Waals surface area contributed by atoms with Crippen LogP contribution in [-0.2, 0) is 17.6 Å². The van der Waals surface area contributed by atoms with Gasteiger partial charge in [0.2, 0.25) is 0 Å². The van der Waals surface area contributed by atoms with Gasteiger partial charge in [0.05, 0.1) is 12.0 Å². The molecule has 1 aliphatic heterocycles. The van der Waals surface area contributed by atoms with E-state index in [2.05, 4.69) is 6.07 Å². The predicted octanol–water partition coefficient (Wildman–Crippen LogP) is 2.66. The molecule has 0 bridgehead atoms. The van der Waals surface area contributed by atoms with E-state index in [9.17, 15) is 4.79 Å². The molecule has 0 radical (unpaired) electrons. The molecule has 0 spiro atoms. The van der Waals surface area contributed by atoms with Crippen LogP contribution in [0, 0.1) is 5.41 Å². The van der Waals surface area contributed by atoms with Crippen molar-refractivity contribution in [2.45, 2.75) is 33.1 Å². The average Bonchev–Trinajstić information content (AvgIpc) is 2.29. The van der Waals surface area contributed by atoms with E-state index in [-0.39, 0.29) is 0 Å². The highest BCUT2D eigenvalue weighted by molar-refractivity contribution is 5.74. The van der Waals surface area contributed by atoms with Crippen LogP contribution in [0.2, 0.25) is 0 Å². The van der Waals surface area contributed by atoms with E-state index in [1.54, 1.807) is 13.8 Å². The van der Waals surface area contributed by atoms with E-state index in [1.165, 1.54) is 5.56 Å². The first-order valence-corrected chi connectivity index (χ1v) is 5.98. The van der Waals surface area contributed by atoms with Crippen LogP contribution in [0.1, 0.15) is 31.4 Å². The average molecular weight is 234 g/mol. The molecular formula is C14H18O3. The number of carbonyl (C=O) groups is 1. The summed E-state index contributed by atoms with van der Waals surface area (Å²) in [5.74, 6) is 0.138. The van der Waals surface area contributed by atoms with Crippen LogP contribution < -0.4 is 4.74 Å². The number of benzene rings is 1. The van der Waals surface area contributed by atoms with Gasteiger partial charge in [-0.05, 0) is 44.2 Å². The van der Waals surface area contributed by atoms with E-state index in [0.717, 1.165) is 30.8 Å². The third kappa shape index (κ3) is 2.43. The molecule has 1 aliphatic rings. The second-order valence-corrected chi connectivity index (χ2v) is 5.22. The normalized spacial score (nSPS) is 14.9. The fourth-order valence-electron chi connectivity index (χ4n) is 2.15. The molecule has 1 aromatic carbocycles.